The average Bonchev–Trinajstić information content (AvgIpc) is 2.57. The largest absolute Gasteiger partial charge is 0.468 e. The molecule has 0 radical (unpaired) electrons. The van der Waals surface area contributed by atoms with Gasteiger partial charge < -0.3 is 4.74 Å². The number of ether oxygens (including phenoxy) is 1. The van der Waals surface area contributed by atoms with Crippen LogP contribution in [-0.2, 0) is 0 Å². The predicted molar refractivity (Wildman–Crippen MR) is 87.7 cm³/mol. The van der Waals surface area contributed by atoms with Gasteiger partial charge in [-0.2, -0.15) is 0 Å². The third kappa shape index (κ3) is 3.14. The standard InChI is InChI=1S/C19H18N2O/c1-14-8-10-17(11-9-14)18-19(21-13-12-20-18)22-15(2)16-6-4-3-5-7-16/h3-13,15H,1-2H3. The molecule has 0 N–H and O–H groups in total. The van der Waals surface area contributed by atoms with E-state index in [2.05, 4.69) is 29.0 Å². The molecule has 3 rings (SSSR count). The lowest BCUT2D eigenvalue weighted by Crippen LogP contribution is -2.05. The minimum Gasteiger partial charge on any atom is -0.468 e. The van der Waals surface area contributed by atoms with E-state index in [1.165, 1.54) is 5.56 Å². The van der Waals surface area contributed by atoms with Crippen molar-refractivity contribution in [2.45, 2.75) is 20.0 Å². The normalized spacial score (nSPS) is 11.9. The summed E-state index contributed by atoms with van der Waals surface area (Å²) in [7, 11) is 0. The first-order valence-corrected chi connectivity index (χ1v) is 7.33. The van der Waals surface area contributed by atoms with E-state index in [-0.39, 0.29) is 6.10 Å². The van der Waals surface area contributed by atoms with Gasteiger partial charge in [0.25, 0.3) is 0 Å². The van der Waals surface area contributed by atoms with Gasteiger partial charge in [-0.25, -0.2) is 9.97 Å². The second-order valence-electron chi connectivity index (χ2n) is 5.25. The SMILES string of the molecule is Cc1ccc(-c2nccnc2OC(C)c2ccccc2)cc1. The van der Waals surface area contributed by atoms with Crippen LogP contribution in [0.25, 0.3) is 11.3 Å². The molecule has 3 nitrogen and oxygen atoms in total. The number of hydrogen-bond acceptors (Lipinski definition) is 3. The van der Waals surface area contributed by atoms with Gasteiger partial charge in [-0.3, -0.25) is 0 Å². The van der Waals surface area contributed by atoms with E-state index >= 15 is 0 Å². The lowest BCUT2D eigenvalue weighted by molar-refractivity contribution is 0.218. The Labute approximate surface area is 130 Å². The van der Waals surface area contributed by atoms with Crippen LogP contribution in [0.2, 0.25) is 0 Å². The van der Waals surface area contributed by atoms with Crippen molar-refractivity contribution in [2.24, 2.45) is 0 Å². The maximum atomic E-state index is 6.04. The van der Waals surface area contributed by atoms with Crippen molar-refractivity contribution in [3.8, 4) is 17.1 Å². The lowest BCUT2D eigenvalue weighted by Gasteiger charge is -2.16. The van der Waals surface area contributed by atoms with Gasteiger partial charge in [0.2, 0.25) is 5.88 Å². The third-order valence-electron chi connectivity index (χ3n) is 3.55. The van der Waals surface area contributed by atoms with Gasteiger partial charge in [-0.15, -0.1) is 0 Å². The molecule has 0 saturated heterocycles. The zero-order chi connectivity index (χ0) is 15.4. The molecule has 0 bridgehead atoms. The van der Waals surface area contributed by atoms with Crippen LogP contribution in [0, 0.1) is 6.92 Å². The molecule has 3 heteroatoms. The highest BCUT2D eigenvalue weighted by atomic mass is 16.5. The molecule has 3 aromatic rings. The molecule has 0 aliphatic rings. The molecule has 0 aliphatic carbocycles. The molecule has 1 atom stereocenters. The van der Waals surface area contributed by atoms with Crippen LogP contribution in [0.5, 0.6) is 5.88 Å². The van der Waals surface area contributed by atoms with Crippen molar-refractivity contribution in [1.29, 1.82) is 0 Å². The molecule has 1 unspecified atom stereocenters. The number of benzene rings is 2. The number of aryl methyl sites for hydroxylation is 1. The maximum Gasteiger partial charge on any atom is 0.241 e. The number of aromatic nitrogens is 2. The molecule has 2 aromatic carbocycles. The van der Waals surface area contributed by atoms with Crippen molar-refractivity contribution in [2.75, 3.05) is 0 Å². The molecule has 0 spiro atoms. The summed E-state index contributed by atoms with van der Waals surface area (Å²) in [6.45, 7) is 4.08. The zero-order valence-electron chi connectivity index (χ0n) is 12.7. The van der Waals surface area contributed by atoms with E-state index in [0.29, 0.717) is 5.88 Å². The topological polar surface area (TPSA) is 35.0 Å². The average molecular weight is 290 g/mol. The van der Waals surface area contributed by atoms with Crippen LogP contribution >= 0.6 is 0 Å². The third-order valence-corrected chi connectivity index (χ3v) is 3.55. The Balaban J connectivity index is 1.90. The molecule has 0 saturated carbocycles. The van der Waals surface area contributed by atoms with Crippen molar-refractivity contribution in [1.82, 2.24) is 9.97 Å². The van der Waals surface area contributed by atoms with E-state index in [1.807, 2.05) is 49.4 Å². The monoisotopic (exact) mass is 290 g/mol. The number of hydrogen-bond donors (Lipinski definition) is 0. The summed E-state index contributed by atoms with van der Waals surface area (Å²) >= 11 is 0. The van der Waals surface area contributed by atoms with Crippen LogP contribution in [0.1, 0.15) is 24.2 Å². The first-order chi connectivity index (χ1) is 10.7. The van der Waals surface area contributed by atoms with E-state index < -0.39 is 0 Å². The van der Waals surface area contributed by atoms with E-state index in [0.717, 1.165) is 16.8 Å². The maximum absolute atomic E-state index is 6.04. The summed E-state index contributed by atoms with van der Waals surface area (Å²) in [4.78, 5) is 8.80. The minimum atomic E-state index is -0.0814. The molecule has 0 fully saturated rings. The summed E-state index contributed by atoms with van der Waals surface area (Å²) < 4.78 is 6.04. The minimum absolute atomic E-state index is 0.0814. The highest BCUT2D eigenvalue weighted by Gasteiger charge is 2.13. The molecule has 1 aromatic heterocycles. The first-order valence-electron chi connectivity index (χ1n) is 7.33. The van der Waals surface area contributed by atoms with Crippen LogP contribution in [0.4, 0.5) is 0 Å². The molecule has 0 aliphatic heterocycles. The Bertz CT molecular complexity index is 739. The highest BCUT2D eigenvalue weighted by Crippen LogP contribution is 2.29. The molecule has 110 valence electrons. The predicted octanol–water partition coefficient (Wildman–Crippen LogP) is 4.59. The van der Waals surface area contributed by atoms with Crippen molar-refractivity contribution >= 4 is 0 Å². The highest BCUT2D eigenvalue weighted by molar-refractivity contribution is 5.64. The van der Waals surface area contributed by atoms with E-state index in [9.17, 15) is 0 Å². The quantitative estimate of drug-likeness (QED) is 0.704. The Kier molecular flexibility index (Phi) is 4.15. The van der Waals surface area contributed by atoms with Crippen LogP contribution < -0.4 is 4.74 Å². The molecular formula is C19H18N2O. The summed E-state index contributed by atoms with van der Waals surface area (Å²) in [5, 5.41) is 0. The zero-order valence-corrected chi connectivity index (χ0v) is 12.7. The van der Waals surface area contributed by atoms with Crippen LogP contribution in [0.3, 0.4) is 0 Å². The second kappa shape index (κ2) is 6.39. The first kappa shape index (κ1) is 14.3. The Morgan fingerprint density at radius 1 is 0.864 bits per heavy atom. The summed E-state index contributed by atoms with van der Waals surface area (Å²) in [6.07, 6.45) is 3.27. The fourth-order valence-corrected chi connectivity index (χ4v) is 2.28. The van der Waals surface area contributed by atoms with Crippen LogP contribution in [-0.4, -0.2) is 9.97 Å². The van der Waals surface area contributed by atoms with Gasteiger partial charge in [0.1, 0.15) is 11.8 Å². The van der Waals surface area contributed by atoms with Gasteiger partial charge in [0.15, 0.2) is 0 Å². The van der Waals surface area contributed by atoms with Crippen LogP contribution in [0.15, 0.2) is 67.0 Å². The lowest BCUT2D eigenvalue weighted by atomic mass is 10.1. The van der Waals surface area contributed by atoms with Gasteiger partial charge >= 0.3 is 0 Å². The summed E-state index contributed by atoms with van der Waals surface area (Å²) in [5.74, 6) is 0.558. The smallest absolute Gasteiger partial charge is 0.241 e. The summed E-state index contributed by atoms with van der Waals surface area (Å²) in [5.41, 5.74) is 4.11. The van der Waals surface area contributed by atoms with Crippen molar-refractivity contribution in [3.05, 3.63) is 78.1 Å². The molecular weight excluding hydrogens is 272 g/mol. The summed E-state index contributed by atoms with van der Waals surface area (Å²) in [6, 6.07) is 18.3. The molecule has 1 heterocycles. The fraction of sp³-hybridized carbons (Fsp3) is 0.158. The number of nitrogens with zero attached hydrogens (tertiary/aromatic N) is 2. The molecule has 22 heavy (non-hydrogen) atoms. The van der Waals surface area contributed by atoms with Gasteiger partial charge in [-0.1, -0.05) is 60.2 Å². The fourth-order valence-electron chi connectivity index (χ4n) is 2.28. The van der Waals surface area contributed by atoms with Gasteiger partial charge in [0.05, 0.1) is 0 Å². The van der Waals surface area contributed by atoms with Crippen molar-refractivity contribution in [3.63, 3.8) is 0 Å². The Morgan fingerprint density at radius 3 is 2.27 bits per heavy atom. The van der Waals surface area contributed by atoms with Crippen molar-refractivity contribution < 1.29 is 4.74 Å². The van der Waals surface area contributed by atoms with Gasteiger partial charge in [0, 0.05) is 18.0 Å². The Hall–Kier alpha value is -2.68. The van der Waals surface area contributed by atoms with E-state index in [4.69, 9.17) is 4.74 Å². The number of rotatable bonds is 4. The Morgan fingerprint density at radius 2 is 1.55 bits per heavy atom. The van der Waals surface area contributed by atoms with Gasteiger partial charge in [-0.05, 0) is 19.4 Å². The molecule has 0 amide bonds. The van der Waals surface area contributed by atoms with E-state index in [1.54, 1.807) is 12.4 Å². The second-order valence-corrected chi connectivity index (χ2v) is 5.25.